The monoisotopic (exact) mass is 671 g/mol. The van der Waals surface area contributed by atoms with Crippen LogP contribution in [-0.4, -0.2) is 79.5 Å². The third-order valence-corrected chi connectivity index (χ3v) is 8.16. The number of halogens is 2. The summed E-state index contributed by atoms with van der Waals surface area (Å²) in [6.45, 7) is 4.74. The van der Waals surface area contributed by atoms with Gasteiger partial charge in [0.15, 0.2) is 6.10 Å². The van der Waals surface area contributed by atoms with Gasteiger partial charge in [0.1, 0.15) is 0 Å². The highest BCUT2D eigenvalue weighted by Gasteiger charge is 2.31. The summed E-state index contributed by atoms with van der Waals surface area (Å²) in [6, 6.07) is 22.9. The molecule has 3 rings (SSSR count). The van der Waals surface area contributed by atoms with Crippen molar-refractivity contribution < 1.29 is 29.0 Å². The van der Waals surface area contributed by atoms with Crippen molar-refractivity contribution in [3.8, 4) is 0 Å². The van der Waals surface area contributed by atoms with Crippen LogP contribution in [0.1, 0.15) is 41.8 Å². The highest BCUT2D eigenvalue weighted by Crippen LogP contribution is 2.24. The summed E-state index contributed by atoms with van der Waals surface area (Å²) < 4.78 is 10.8. The van der Waals surface area contributed by atoms with Crippen LogP contribution in [0.15, 0.2) is 78.9 Å². The molecule has 0 aliphatic rings. The van der Waals surface area contributed by atoms with E-state index in [1.54, 1.807) is 68.3 Å². The van der Waals surface area contributed by atoms with E-state index in [4.69, 9.17) is 32.7 Å². The van der Waals surface area contributed by atoms with Crippen LogP contribution in [-0.2, 0) is 27.1 Å². The molecule has 3 N–H and O–H groups in total. The van der Waals surface area contributed by atoms with E-state index in [2.05, 4.69) is 10.6 Å². The number of carbonyl (C=O) groups is 3. The number of amides is 3. The van der Waals surface area contributed by atoms with Gasteiger partial charge in [-0.15, -0.1) is 0 Å². The van der Waals surface area contributed by atoms with Crippen molar-refractivity contribution >= 4 is 41.1 Å². The van der Waals surface area contributed by atoms with Crippen molar-refractivity contribution in [2.75, 3.05) is 33.4 Å². The lowest BCUT2D eigenvalue weighted by Gasteiger charge is -2.30. The minimum absolute atomic E-state index is 0.154. The molecule has 0 saturated heterocycles. The maximum atomic E-state index is 13.6. The number of hydrogen-bond acceptors (Lipinski definition) is 6. The molecule has 3 unspecified atom stereocenters. The summed E-state index contributed by atoms with van der Waals surface area (Å²) in [7, 11) is 1.56. The van der Waals surface area contributed by atoms with Crippen molar-refractivity contribution in [3.63, 3.8) is 0 Å². The zero-order chi connectivity index (χ0) is 33.5. The van der Waals surface area contributed by atoms with Crippen LogP contribution in [0.25, 0.3) is 0 Å². The highest BCUT2D eigenvalue weighted by atomic mass is 35.5. The molecule has 0 radical (unpaired) electrons. The average molecular weight is 673 g/mol. The predicted molar refractivity (Wildman–Crippen MR) is 180 cm³/mol. The Kier molecular flexibility index (Phi) is 15.3. The minimum Gasteiger partial charge on any atom is -0.436 e. The Hall–Kier alpha value is -3.63. The van der Waals surface area contributed by atoms with Gasteiger partial charge in [-0.3, -0.25) is 9.59 Å². The molecule has 0 heterocycles. The molecule has 0 aliphatic carbocycles. The first-order chi connectivity index (χ1) is 22.1. The Labute approximate surface area is 281 Å². The van der Waals surface area contributed by atoms with E-state index in [-0.39, 0.29) is 31.2 Å². The number of nitrogens with zero attached hydrogens (tertiary/aromatic N) is 1. The molecule has 248 valence electrons. The topological polar surface area (TPSA) is 117 Å². The van der Waals surface area contributed by atoms with E-state index in [9.17, 15) is 19.5 Å². The number of methoxy groups -OCH3 is 1. The molecule has 3 atom stereocenters. The Morgan fingerprint density at radius 2 is 1.57 bits per heavy atom. The second-order valence-corrected chi connectivity index (χ2v) is 12.1. The van der Waals surface area contributed by atoms with E-state index in [1.165, 1.54) is 0 Å². The second kappa shape index (κ2) is 19.1. The van der Waals surface area contributed by atoms with Gasteiger partial charge in [-0.1, -0.05) is 91.6 Å². The first-order valence-corrected chi connectivity index (χ1v) is 16.1. The standard InChI is InChI=1S/C35H43Cl2N3O6/c1-24(2)32(46-35(44)38-18-16-25-10-6-4-7-11-25)33(42)39-30(23-26-14-15-28(36)29(37)22-26)31(41)17-19-40(20-21-45-3)34(43)27-12-8-5-9-13-27/h4-15,22,24,30-32,41H,16-21,23H2,1-3H3,(H,38,44)(H,39,42). The summed E-state index contributed by atoms with van der Waals surface area (Å²) in [5.41, 5.74) is 2.31. The fraction of sp³-hybridized carbons (Fsp3) is 0.400. The van der Waals surface area contributed by atoms with Crippen molar-refractivity contribution in [1.29, 1.82) is 0 Å². The van der Waals surface area contributed by atoms with Gasteiger partial charge in [-0.2, -0.15) is 0 Å². The summed E-state index contributed by atoms with van der Waals surface area (Å²) in [5.74, 6) is -1.09. The third kappa shape index (κ3) is 11.9. The Morgan fingerprint density at radius 3 is 2.20 bits per heavy atom. The first kappa shape index (κ1) is 36.8. The quantitative estimate of drug-likeness (QED) is 0.173. The molecule has 0 saturated carbocycles. The molecule has 0 aliphatic heterocycles. The number of alkyl carbamates (subject to hydrolysis) is 1. The molecule has 3 aromatic carbocycles. The van der Waals surface area contributed by atoms with Gasteiger partial charge in [0.05, 0.1) is 28.8 Å². The zero-order valence-corrected chi connectivity index (χ0v) is 28.0. The van der Waals surface area contributed by atoms with E-state index in [0.29, 0.717) is 41.7 Å². The molecule has 0 aromatic heterocycles. The predicted octanol–water partition coefficient (Wildman–Crippen LogP) is 5.55. The molecule has 0 spiro atoms. The molecule has 0 bridgehead atoms. The molecule has 46 heavy (non-hydrogen) atoms. The van der Waals surface area contributed by atoms with Crippen LogP contribution in [0.5, 0.6) is 0 Å². The maximum Gasteiger partial charge on any atom is 0.407 e. The number of aliphatic hydroxyl groups excluding tert-OH is 1. The lowest BCUT2D eigenvalue weighted by molar-refractivity contribution is -0.133. The van der Waals surface area contributed by atoms with Crippen LogP contribution in [0.4, 0.5) is 4.79 Å². The third-order valence-electron chi connectivity index (χ3n) is 7.42. The Bertz CT molecular complexity index is 1390. The second-order valence-electron chi connectivity index (χ2n) is 11.3. The number of aliphatic hydroxyl groups is 1. The van der Waals surface area contributed by atoms with Gasteiger partial charge < -0.3 is 30.1 Å². The minimum atomic E-state index is -1.11. The Morgan fingerprint density at radius 1 is 0.891 bits per heavy atom. The van der Waals surface area contributed by atoms with Crippen molar-refractivity contribution in [2.24, 2.45) is 5.92 Å². The van der Waals surface area contributed by atoms with Gasteiger partial charge in [0, 0.05) is 32.3 Å². The van der Waals surface area contributed by atoms with Crippen LogP contribution in [0.2, 0.25) is 10.0 Å². The van der Waals surface area contributed by atoms with Crippen LogP contribution >= 0.6 is 23.2 Å². The van der Waals surface area contributed by atoms with E-state index in [1.807, 2.05) is 36.4 Å². The lowest BCUT2D eigenvalue weighted by Crippen LogP contribution is -2.52. The molecular weight excluding hydrogens is 629 g/mol. The highest BCUT2D eigenvalue weighted by molar-refractivity contribution is 6.42. The molecule has 3 amide bonds. The summed E-state index contributed by atoms with van der Waals surface area (Å²) in [5, 5.41) is 17.8. The zero-order valence-electron chi connectivity index (χ0n) is 26.5. The lowest BCUT2D eigenvalue weighted by atomic mass is 9.97. The first-order valence-electron chi connectivity index (χ1n) is 15.3. The molecule has 0 fully saturated rings. The van der Waals surface area contributed by atoms with Gasteiger partial charge in [-0.05, 0) is 60.6 Å². The summed E-state index contributed by atoms with van der Waals surface area (Å²) >= 11 is 12.4. The number of carbonyl (C=O) groups excluding carboxylic acids is 3. The van der Waals surface area contributed by atoms with Crippen LogP contribution < -0.4 is 10.6 Å². The van der Waals surface area contributed by atoms with Gasteiger partial charge in [0.2, 0.25) is 0 Å². The van der Waals surface area contributed by atoms with Crippen LogP contribution in [0, 0.1) is 5.92 Å². The number of benzene rings is 3. The number of rotatable bonds is 17. The van der Waals surface area contributed by atoms with Gasteiger partial charge >= 0.3 is 6.09 Å². The fourth-order valence-electron chi connectivity index (χ4n) is 4.84. The number of ether oxygens (including phenoxy) is 2. The molecule has 9 nitrogen and oxygen atoms in total. The largest absolute Gasteiger partial charge is 0.436 e. The average Bonchev–Trinajstić information content (AvgIpc) is 3.05. The number of hydrogen-bond donors (Lipinski definition) is 3. The van der Waals surface area contributed by atoms with Crippen molar-refractivity contribution in [1.82, 2.24) is 15.5 Å². The summed E-state index contributed by atoms with van der Waals surface area (Å²) in [6.07, 6.45) is -1.91. The van der Waals surface area contributed by atoms with E-state index in [0.717, 1.165) is 11.1 Å². The van der Waals surface area contributed by atoms with E-state index >= 15 is 0 Å². The maximum absolute atomic E-state index is 13.6. The molecule has 11 heteroatoms. The van der Waals surface area contributed by atoms with E-state index < -0.39 is 30.3 Å². The van der Waals surface area contributed by atoms with Gasteiger partial charge in [-0.25, -0.2) is 4.79 Å². The molecule has 3 aromatic rings. The Balaban J connectivity index is 1.71. The normalized spacial score (nSPS) is 13.0. The smallest absolute Gasteiger partial charge is 0.407 e. The molecular formula is C35H43Cl2N3O6. The van der Waals surface area contributed by atoms with Crippen LogP contribution in [0.3, 0.4) is 0 Å². The van der Waals surface area contributed by atoms with Crippen molar-refractivity contribution in [2.45, 2.75) is 51.4 Å². The summed E-state index contributed by atoms with van der Waals surface area (Å²) in [4.78, 5) is 41.0. The number of nitrogens with one attached hydrogen (secondary N) is 2. The SMILES string of the molecule is COCCN(CCC(O)C(Cc1ccc(Cl)c(Cl)c1)NC(=O)C(OC(=O)NCCc1ccccc1)C(C)C)C(=O)c1ccccc1. The fourth-order valence-corrected chi connectivity index (χ4v) is 5.16. The van der Waals surface area contributed by atoms with Crippen molar-refractivity contribution in [3.05, 3.63) is 106 Å². The van der Waals surface area contributed by atoms with Gasteiger partial charge in [0.25, 0.3) is 11.8 Å².